The van der Waals surface area contributed by atoms with Crippen molar-refractivity contribution in [1.82, 2.24) is 4.98 Å². The van der Waals surface area contributed by atoms with Crippen molar-refractivity contribution in [1.29, 1.82) is 0 Å². The lowest BCUT2D eigenvalue weighted by molar-refractivity contribution is 1.09. The van der Waals surface area contributed by atoms with Gasteiger partial charge < -0.3 is 4.98 Å². The first-order valence-electron chi connectivity index (χ1n) is 7.65. The van der Waals surface area contributed by atoms with E-state index < -0.39 is 0 Å². The van der Waals surface area contributed by atoms with Crippen molar-refractivity contribution in [3.63, 3.8) is 0 Å². The van der Waals surface area contributed by atoms with Crippen molar-refractivity contribution in [3.05, 3.63) is 84.6 Å². The molecule has 110 valence electrons. The molecular weight excluding hydrogens is 266 g/mol. The van der Waals surface area contributed by atoms with Gasteiger partial charge in [0.2, 0.25) is 0 Å². The fourth-order valence-electron chi connectivity index (χ4n) is 2.90. The van der Waals surface area contributed by atoms with Gasteiger partial charge in [0.05, 0.1) is 0 Å². The summed E-state index contributed by atoms with van der Waals surface area (Å²) in [6.45, 7) is 10.7. The minimum atomic E-state index is 0.926. The third kappa shape index (κ3) is 2.75. The molecule has 0 aliphatic rings. The van der Waals surface area contributed by atoms with Crippen LogP contribution in [0.2, 0.25) is 0 Å². The monoisotopic (exact) mass is 287 g/mol. The SMILES string of the molecule is C=C(CCC(=C)c1c[nH]c2ccccc12)c1ccccc1C. The summed E-state index contributed by atoms with van der Waals surface area (Å²) in [6, 6.07) is 16.8. The maximum atomic E-state index is 4.27. The summed E-state index contributed by atoms with van der Waals surface area (Å²) < 4.78 is 0. The first-order valence-corrected chi connectivity index (χ1v) is 7.65. The smallest absolute Gasteiger partial charge is 0.0460 e. The van der Waals surface area contributed by atoms with Crippen molar-refractivity contribution in [2.75, 3.05) is 0 Å². The zero-order chi connectivity index (χ0) is 15.5. The van der Waals surface area contributed by atoms with Crippen LogP contribution in [0.1, 0.15) is 29.5 Å². The van der Waals surface area contributed by atoms with Crippen molar-refractivity contribution < 1.29 is 0 Å². The van der Waals surface area contributed by atoms with Gasteiger partial charge in [0.25, 0.3) is 0 Å². The fraction of sp³-hybridized carbons (Fsp3) is 0.143. The van der Waals surface area contributed by atoms with E-state index in [9.17, 15) is 0 Å². The van der Waals surface area contributed by atoms with Gasteiger partial charge in [0.1, 0.15) is 0 Å². The van der Waals surface area contributed by atoms with E-state index in [1.165, 1.54) is 27.6 Å². The Labute approximate surface area is 132 Å². The number of aryl methyl sites for hydroxylation is 1. The number of hydrogen-bond donors (Lipinski definition) is 1. The van der Waals surface area contributed by atoms with Gasteiger partial charge >= 0.3 is 0 Å². The summed E-state index contributed by atoms with van der Waals surface area (Å²) in [5.41, 5.74) is 7.26. The Morgan fingerprint density at radius 1 is 0.864 bits per heavy atom. The first-order chi connectivity index (χ1) is 10.7. The Hall–Kier alpha value is -2.54. The number of fused-ring (bicyclic) bond motifs is 1. The van der Waals surface area contributed by atoms with Crippen LogP contribution in [-0.2, 0) is 0 Å². The lowest BCUT2D eigenvalue weighted by Crippen LogP contribution is -1.89. The first kappa shape index (κ1) is 14.4. The van der Waals surface area contributed by atoms with Crippen molar-refractivity contribution in [2.45, 2.75) is 19.8 Å². The van der Waals surface area contributed by atoms with Crippen LogP contribution in [0.4, 0.5) is 0 Å². The average molecular weight is 287 g/mol. The second kappa shape index (κ2) is 6.07. The molecule has 0 aliphatic heterocycles. The van der Waals surface area contributed by atoms with Crippen LogP contribution in [0.5, 0.6) is 0 Å². The van der Waals surface area contributed by atoms with Gasteiger partial charge in [-0.25, -0.2) is 0 Å². The topological polar surface area (TPSA) is 15.8 Å². The third-order valence-corrected chi connectivity index (χ3v) is 4.22. The molecule has 0 saturated carbocycles. The van der Waals surface area contributed by atoms with E-state index in [2.05, 4.69) is 73.7 Å². The molecule has 3 aromatic rings. The molecule has 0 fully saturated rings. The molecule has 0 radical (unpaired) electrons. The van der Waals surface area contributed by atoms with E-state index in [1.807, 2.05) is 6.07 Å². The highest BCUT2D eigenvalue weighted by atomic mass is 14.7. The van der Waals surface area contributed by atoms with Crippen LogP contribution in [0.15, 0.2) is 67.9 Å². The van der Waals surface area contributed by atoms with Gasteiger partial charge in [0.15, 0.2) is 0 Å². The van der Waals surface area contributed by atoms with E-state index in [0.717, 1.165) is 23.9 Å². The number of aromatic amines is 1. The Morgan fingerprint density at radius 2 is 1.50 bits per heavy atom. The number of aromatic nitrogens is 1. The lowest BCUT2D eigenvalue weighted by atomic mass is 9.94. The number of H-pyrrole nitrogens is 1. The van der Waals surface area contributed by atoms with E-state index in [1.54, 1.807) is 0 Å². The third-order valence-electron chi connectivity index (χ3n) is 4.22. The molecule has 0 aliphatic carbocycles. The normalized spacial score (nSPS) is 10.8. The molecule has 0 unspecified atom stereocenters. The summed E-state index contributed by atoms with van der Waals surface area (Å²) in [5, 5.41) is 1.24. The fourth-order valence-corrected chi connectivity index (χ4v) is 2.90. The molecule has 0 atom stereocenters. The van der Waals surface area contributed by atoms with Crippen LogP contribution in [0.3, 0.4) is 0 Å². The second-order valence-electron chi connectivity index (χ2n) is 5.77. The predicted octanol–water partition coefficient (Wildman–Crippen LogP) is 5.98. The molecule has 0 bridgehead atoms. The number of allylic oxidation sites excluding steroid dienone is 2. The molecule has 1 nitrogen and oxygen atoms in total. The second-order valence-corrected chi connectivity index (χ2v) is 5.77. The van der Waals surface area contributed by atoms with Crippen LogP contribution >= 0.6 is 0 Å². The zero-order valence-corrected chi connectivity index (χ0v) is 13.0. The highest BCUT2D eigenvalue weighted by Gasteiger charge is 2.08. The molecule has 1 aromatic heterocycles. The van der Waals surface area contributed by atoms with Crippen LogP contribution in [-0.4, -0.2) is 4.98 Å². The molecule has 0 saturated heterocycles. The maximum Gasteiger partial charge on any atom is 0.0460 e. The maximum absolute atomic E-state index is 4.27. The van der Waals surface area contributed by atoms with Gasteiger partial charge in [-0.3, -0.25) is 0 Å². The van der Waals surface area contributed by atoms with E-state index >= 15 is 0 Å². The van der Waals surface area contributed by atoms with Gasteiger partial charge in [-0.2, -0.15) is 0 Å². The van der Waals surface area contributed by atoms with Gasteiger partial charge in [-0.1, -0.05) is 55.6 Å². The van der Waals surface area contributed by atoms with Crippen LogP contribution in [0, 0.1) is 6.92 Å². The Kier molecular flexibility index (Phi) is 3.97. The van der Waals surface area contributed by atoms with Crippen LogP contribution in [0.25, 0.3) is 22.0 Å². The number of para-hydroxylation sites is 1. The molecule has 22 heavy (non-hydrogen) atoms. The molecule has 1 heteroatoms. The quantitative estimate of drug-likeness (QED) is 0.594. The molecule has 2 aromatic carbocycles. The molecule has 1 heterocycles. The molecule has 0 amide bonds. The number of nitrogens with one attached hydrogen (secondary N) is 1. The van der Waals surface area contributed by atoms with Crippen molar-refractivity contribution >= 4 is 22.0 Å². The number of rotatable bonds is 5. The van der Waals surface area contributed by atoms with Gasteiger partial charge in [0, 0.05) is 22.7 Å². The van der Waals surface area contributed by atoms with Gasteiger partial charge in [-0.05, 0) is 48.1 Å². The Balaban J connectivity index is 1.73. The molecule has 3 rings (SSSR count). The predicted molar refractivity (Wildman–Crippen MR) is 96.8 cm³/mol. The number of benzene rings is 2. The van der Waals surface area contributed by atoms with Crippen molar-refractivity contribution in [3.8, 4) is 0 Å². The summed E-state index contributed by atoms with van der Waals surface area (Å²) in [7, 11) is 0. The van der Waals surface area contributed by atoms with E-state index in [-0.39, 0.29) is 0 Å². The minimum Gasteiger partial charge on any atom is -0.361 e. The summed E-state index contributed by atoms with van der Waals surface area (Å²) in [6.07, 6.45) is 3.92. The summed E-state index contributed by atoms with van der Waals surface area (Å²) >= 11 is 0. The summed E-state index contributed by atoms with van der Waals surface area (Å²) in [5.74, 6) is 0. The highest BCUT2D eigenvalue weighted by molar-refractivity contribution is 5.92. The minimum absolute atomic E-state index is 0.926. The van der Waals surface area contributed by atoms with Gasteiger partial charge in [-0.15, -0.1) is 0 Å². The molecular formula is C21H21N. The van der Waals surface area contributed by atoms with Crippen molar-refractivity contribution in [2.24, 2.45) is 0 Å². The molecule has 0 spiro atoms. The standard InChI is InChI=1S/C21H21N/c1-15-8-4-5-9-18(15)16(2)12-13-17(3)20-14-22-21-11-7-6-10-19(20)21/h4-11,14,22H,2-3,12-13H2,1H3. The van der Waals surface area contributed by atoms with E-state index in [4.69, 9.17) is 0 Å². The highest BCUT2D eigenvalue weighted by Crippen LogP contribution is 2.30. The number of hydrogen-bond acceptors (Lipinski definition) is 0. The average Bonchev–Trinajstić information content (AvgIpc) is 2.97. The Morgan fingerprint density at radius 3 is 2.27 bits per heavy atom. The molecule has 1 N–H and O–H groups in total. The summed E-state index contributed by atoms with van der Waals surface area (Å²) in [4.78, 5) is 3.31. The lowest BCUT2D eigenvalue weighted by Gasteiger charge is -2.10. The Bertz CT molecular complexity index is 836. The van der Waals surface area contributed by atoms with Crippen LogP contribution < -0.4 is 0 Å². The van der Waals surface area contributed by atoms with E-state index in [0.29, 0.717) is 0 Å². The largest absolute Gasteiger partial charge is 0.361 e. The zero-order valence-electron chi connectivity index (χ0n) is 13.0.